The van der Waals surface area contributed by atoms with Crippen molar-refractivity contribution in [3.63, 3.8) is 0 Å². The smallest absolute Gasteiger partial charge is 0.193 e. The molecule has 0 spiro atoms. The molecule has 1 heterocycles. The van der Waals surface area contributed by atoms with Crippen LogP contribution in [0, 0.1) is 5.82 Å². The first kappa shape index (κ1) is 21.1. The van der Waals surface area contributed by atoms with Crippen LogP contribution in [-0.4, -0.2) is 36.6 Å². The van der Waals surface area contributed by atoms with Gasteiger partial charge in [-0.05, 0) is 18.2 Å². The molecular formula is C16H20ClFIN3OS. The Labute approximate surface area is 167 Å². The lowest BCUT2D eigenvalue weighted by atomic mass is 10.1. The molecule has 1 unspecified atom stereocenters. The lowest BCUT2D eigenvalue weighted by molar-refractivity contribution is 0.175. The Morgan fingerprint density at radius 2 is 2.08 bits per heavy atom. The van der Waals surface area contributed by atoms with Gasteiger partial charge in [-0.2, -0.15) is 0 Å². The number of halogens is 3. The lowest BCUT2D eigenvalue weighted by Gasteiger charge is -2.23. The number of guanidine groups is 1. The summed E-state index contributed by atoms with van der Waals surface area (Å²) in [7, 11) is 3.55. The first-order valence-corrected chi connectivity index (χ1v) is 8.29. The fourth-order valence-electron chi connectivity index (χ4n) is 2.17. The molecule has 4 nitrogen and oxygen atoms in total. The summed E-state index contributed by atoms with van der Waals surface area (Å²) in [5.74, 6) is 0.197. The number of hydrogen-bond donors (Lipinski definition) is 2. The number of aliphatic imine (C=N–C) groups is 1. The van der Waals surface area contributed by atoms with Crippen molar-refractivity contribution in [1.29, 1.82) is 0 Å². The third-order valence-corrected chi connectivity index (χ3v) is 4.53. The summed E-state index contributed by atoms with van der Waals surface area (Å²) in [4.78, 5) is 7.20. The second-order valence-electron chi connectivity index (χ2n) is 5.03. The predicted octanol–water partition coefficient (Wildman–Crippen LogP) is 3.90. The van der Waals surface area contributed by atoms with E-state index in [0.29, 0.717) is 12.5 Å². The van der Waals surface area contributed by atoms with E-state index in [0.717, 1.165) is 9.21 Å². The van der Waals surface area contributed by atoms with Crippen LogP contribution < -0.4 is 5.32 Å². The molecule has 0 radical (unpaired) electrons. The first-order chi connectivity index (χ1) is 11.0. The van der Waals surface area contributed by atoms with Crippen molar-refractivity contribution in [1.82, 2.24) is 10.2 Å². The van der Waals surface area contributed by atoms with Crippen molar-refractivity contribution in [3.05, 3.63) is 57.0 Å². The normalized spacial score (nSPS) is 12.5. The minimum atomic E-state index is -0.947. The molecule has 0 saturated heterocycles. The Morgan fingerprint density at radius 3 is 2.67 bits per heavy atom. The molecular weight excluding hydrogens is 464 g/mol. The van der Waals surface area contributed by atoms with Gasteiger partial charge in [0.1, 0.15) is 5.82 Å². The number of aliphatic hydroxyl groups excluding tert-OH is 1. The molecule has 0 aliphatic rings. The zero-order valence-electron chi connectivity index (χ0n) is 13.4. The summed E-state index contributed by atoms with van der Waals surface area (Å²) in [6.07, 6.45) is -0.947. The van der Waals surface area contributed by atoms with Crippen LogP contribution in [0.3, 0.4) is 0 Å². The van der Waals surface area contributed by atoms with Crippen LogP contribution in [-0.2, 0) is 6.54 Å². The number of aliphatic hydroxyl groups is 1. The summed E-state index contributed by atoms with van der Waals surface area (Å²) in [6.45, 7) is 0.815. The van der Waals surface area contributed by atoms with Crippen LogP contribution in [0.15, 0.2) is 41.4 Å². The molecule has 24 heavy (non-hydrogen) atoms. The fraction of sp³-hybridized carbons (Fsp3) is 0.312. The molecule has 0 aliphatic carbocycles. The highest BCUT2D eigenvalue weighted by molar-refractivity contribution is 14.0. The van der Waals surface area contributed by atoms with Crippen LogP contribution in [0.25, 0.3) is 0 Å². The van der Waals surface area contributed by atoms with Gasteiger partial charge in [-0.1, -0.05) is 29.8 Å². The SMILES string of the molecule is CN=C(NCC(O)c1ccccc1F)N(C)Cc1ccc(Cl)s1.I. The van der Waals surface area contributed by atoms with Gasteiger partial charge in [0.2, 0.25) is 0 Å². The largest absolute Gasteiger partial charge is 0.386 e. The van der Waals surface area contributed by atoms with Gasteiger partial charge in [-0.3, -0.25) is 4.99 Å². The Morgan fingerprint density at radius 1 is 1.38 bits per heavy atom. The number of thiophene rings is 1. The highest BCUT2D eigenvalue weighted by Crippen LogP contribution is 2.22. The van der Waals surface area contributed by atoms with E-state index in [1.807, 2.05) is 24.1 Å². The van der Waals surface area contributed by atoms with E-state index >= 15 is 0 Å². The molecule has 1 atom stereocenters. The zero-order valence-corrected chi connectivity index (χ0v) is 17.3. The Hall–Kier alpha value is -0.900. The van der Waals surface area contributed by atoms with Gasteiger partial charge >= 0.3 is 0 Å². The van der Waals surface area contributed by atoms with Gasteiger partial charge in [0.05, 0.1) is 17.0 Å². The molecule has 0 saturated carbocycles. The second-order valence-corrected chi connectivity index (χ2v) is 6.83. The highest BCUT2D eigenvalue weighted by Gasteiger charge is 2.14. The van der Waals surface area contributed by atoms with E-state index in [2.05, 4.69) is 10.3 Å². The molecule has 2 N–H and O–H groups in total. The number of benzene rings is 1. The average Bonchev–Trinajstić information content (AvgIpc) is 2.93. The maximum absolute atomic E-state index is 13.7. The van der Waals surface area contributed by atoms with E-state index in [-0.39, 0.29) is 36.1 Å². The van der Waals surface area contributed by atoms with E-state index in [1.165, 1.54) is 17.4 Å². The fourth-order valence-corrected chi connectivity index (χ4v) is 3.31. The predicted molar refractivity (Wildman–Crippen MR) is 109 cm³/mol. The Balaban J connectivity index is 0.00000288. The van der Waals surface area contributed by atoms with Crippen LogP contribution in [0.5, 0.6) is 0 Å². The molecule has 0 bridgehead atoms. The first-order valence-electron chi connectivity index (χ1n) is 7.09. The summed E-state index contributed by atoms with van der Waals surface area (Å²) in [5.41, 5.74) is 0.267. The maximum atomic E-state index is 13.7. The van der Waals surface area contributed by atoms with E-state index in [9.17, 15) is 9.50 Å². The van der Waals surface area contributed by atoms with Gasteiger partial charge in [-0.25, -0.2) is 4.39 Å². The average molecular weight is 484 g/mol. The summed E-state index contributed by atoms with van der Waals surface area (Å²) < 4.78 is 14.4. The molecule has 132 valence electrons. The standard InChI is InChI=1S/C16H19ClFN3OS.HI/c1-19-16(21(2)10-11-7-8-15(17)23-11)20-9-14(22)12-5-3-4-6-13(12)18;/h3-8,14,22H,9-10H2,1-2H3,(H,19,20);1H. The van der Waals surface area contributed by atoms with Crippen molar-refractivity contribution < 1.29 is 9.50 Å². The molecule has 2 aromatic rings. The van der Waals surface area contributed by atoms with Crippen molar-refractivity contribution >= 4 is 52.9 Å². The van der Waals surface area contributed by atoms with Crippen LogP contribution in [0.4, 0.5) is 4.39 Å². The summed E-state index contributed by atoms with van der Waals surface area (Å²) >= 11 is 7.44. The van der Waals surface area contributed by atoms with Crippen molar-refractivity contribution in [3.8, 4) is 0 Å². The maximum Gasteiger partial charge on any atom is 0.193 e. The molecule has 0 fully saturated rings. The van der Waals surface area contributed by atoms with Crippen LogP contribution >= 0.6 is 46.9 Å². The molecule has 0 amide bonds. The summed E-state index contributed by atoms with van der Waals surface area (Å²) in [5, 5.41) is 13.2. The molecule has 1 aromatic heterocycles. The van der Waals surface area contributed by atoms with E-state index < -0.39 is 11.9 Å². The Kier molecular flexibility index (Phi) is 8.96. The molecule has 1 aromatic carbocycles. The number of rotatable bonds is 5. The number of hydrogen-bond acceptors (Lipinski definition) is 3. The lowest BCUT2D eigenvalue weighted by Crippen LogP contribution is -2.40. The minimum absolute atomic E-state index is 0. The topological polar surface area (TPSA) is 47.9 Å². The third-order valence-electron chi connectivity index (χ3n) is 3.31. The van der Waals surface area contributed by atoms with Gasteiger partial charge < -0.3 is 15.3 Å². The monoisotopic (exact) mass is 483 g/mol. The summed E-state index contributed by atoms with van der Waals surface area (Å²) in [6, 6.07) is 10.0. The van der Waals surface area contributed by atoms with Crippen LogP contribution in [0.2, 0.25) is 4.34 Å². The van der Waals surface area contributed by atoms with Gasteiger partial charge in [0.15, 0.2) is 5.96 Å². The highest BCUT2D eigenvalue weighted by atomic mass is 127. The second kappa shape index (κ2) is 10.2. The molecule has 8 heteroatoms. The van der Waals surface area contributed by atoms with Gasteiger partial charge in [0.25, 0.3) is 0 Å². The van der Waals surface area contributed by atoms with Gasteiger partial charge in [0, 0.05) is 31.1 Å². The number of nitrogens with one attached hydrogen (secondary N) is 1. The quantitative estimate of drug-likeness (QED) is 0.385. The minimum Gasteiger partial charge on any atom is -0.386 e. The van der Waals surface area contributed by atoms with Crippen molar-refractivity contribution in [2.75, 3.05) is 20.6 Å². The van der Waals surface area contributed by atoms with Crippen molar-refractivity contribution in [2.24, 2.45) is 4.99 Å². The molecule has 0 aliphatic heterocycles. The zero-order chi connectivity index (χ0) is 16.8. The third kappa shape index (κ3) is 5.87. The van der Waals surface area contributed by atoms with E-state index in [1.54, 1.807) is 25.2 Å². The van der Waals surface area contributed by atoms with Crippen molar-refractivity contribution in [2.45, 2.75) is 12.6 Å². The Bertz CT molecular complexity index is 683. The van der Waals surface area contributed by atoms with Gasteiger partial charge in [-0.15, -0.1) is 35.3 Å². The van der Waals surface area contributed by atoms with Crippen LogP contribution in [0.1, 0.15) is 16.5 Å². The molecule has 2 rings (SSSR count). The van der Waals surface area contributed by atoms with E-state index in [4.69, 9.17) is 11.6 Å². The number of nitrogens with zero attached hydrogens (tertiary/aromatic N) is 2.